The Kier molecular flexibility index (Phi) is 3.86. The van der Waals surface area contributed by atoms with Gasteiger partial charge in [0.05, 0.1) is 3.79 Å². The lowest BCUT2D eigenvalue weighted by Gasteiger charge is -2.17. The topological polar surface area (TPSA) is 12.0 Å². The second-order valence-corrected chi connectivity index (χ2v) is 6.97. The number of aryl methyl sites for hydroxylation is 1. The fourth-order valence-corrected chi connectivity index (χ4v) is 3.78. The lowest BCUT2D eigenvalue weighted by molar-refractivity contribution is 0.481. The summed E-state index contributed by atoms with van der Waals surface area (Å²) < 4.78 is 1.26. The van der Waals surface area contributed by atoms with E-state index >= 15 is 0 Å². The molecule has 1 unspecified atom stereocenters. The molecule has 1 saturated carbocycles. The van der Waals surface area contributed by atoms with E-state index in [2.05, 4.69) is 41.2 Å². The van der Waals surface area contributed by atoms with Crippen LogP contribution in [0.1, 0.15) is 42.7 Å². The molecule has 1 fully saturated rings. The minimum atomic E-state index is 0.604. The lowest BCUT2D eigenvalue weighted by Crippen LogP contribution is -2.23. The van der Waals surface area contributed by atoms with E-state index in [1.807, 2.05) is 11.3 Å². The first kappa shape index (κ1) is 11.6. The summed E-state index contributed by atoms with van der Waals surface area (Å²) in [5.41, 5.74) is 1.52. The van der Waals surface area contributed by atoms with E-state index in [1.54, 1.807) is 0 Å². The minimum Gasteiger partial charge on any atom is -0.310 e. The average Bonchev–Trinajstić information content (AvgIpc) is 2.95. The molecule has 1 nitrogen and oxygen atoms in total. The normalized spacial score (nSPS) is 18.1. The van der Waals surface area contributed by atoms with Gasteiger partial charge in [0.1, 0.15) is 0 Å². The maximum atomic E-state index is 3.69. The monoisotopic (exact) mass is 287 g/mol. The van der Waals surface area contributed by atoms with Crippen LogP contribution in [-0.2, 0) is 0 Å². The van der Waals surface area contributed by atoms with Gasteiger partial charge in [0.15, 0.2) is 0 Å². The van der Waals surface area contributed by atoms with Crippen LogP contribution in [0.3, 0.4) is 0 Å². The summed E-state index contributed by atoms with van der Waals surface area (Å²) in [6.07, 6.45) is 4.01. The molecule has 2 rings (SSSR count). The van der Waals surface area contributed by atoms with Gasteiger partial charge in [-0.15, -0.1) is 11.3 Å². The average molecular weight is 288 g/mol. The number of hydrogen-bond donors (Lipinski definition) is 1. The Labute approximate surface area is 104 Å². The minimum absolute atomic E-state index is 0.604. The zero-order valence-electron chi connectivity index (χ0n) is 9.35. The zero-order valence-corrected chi connectivity index (χ0v) is 11.7. The first-order valence-electron chi connectivity index (χ1n) is 5.71. The molecule has 1 aliphatic carbocycles. The largest absolute Gasteiger partial charge is 0.310 e. The van der Waals surface area contributed by atoms with E-state index in [1.165, 1.54) is 33.5 Å². The van der Waals surface area contributed by atoms with Crippen molar-refractivity contribution in [2.45, 2.75) is 39.2 Å². The third-order valence-electron chi connectivity index (χ3n) is 2.97. The van der Waals surface area contributed by atoms with Crippen molar-refractivity contribution < 1.29 is 0 Å². The molecule has 1 heterocycles. The van der Waals surface area contributed by atoms with Crippen molar-refractivity contribution in [3.8, 4) is 0 Å². The summed E-state index contributed by atoms with van der Waals surface area (Å²) in [4.78, 5) is 1.46. The SMILES string of the molecule is CCCNC(c1cc(Br)sc1C)C1CC1. The molecule has 1 aliphatic rings. The van der Waals surface area contributed by atoms with Crippen LogP contribution >= 0.6 is 27.3 Å². The van der Waals surface area contributed by atoms with Gasteiger partial charge in [-0.3, -0.25) is 0 Å². The molecule has 1 N–H and O–H groups in total. The van der Waals surface area contributed by atoms with Crippen LogP contribution in [0.4, 0.5) is 0 Å². The smallest absolute Gasteiger partial charge is 0.0704 e. The van der Waals surface area contributed by atoms with Crippen LogP contribution in [0.25, 0.3) is 0 Å². The standard InChI is InChI=1S/C12H18BrNS/c1-3-6-14-12(9-4-5-9)10-7-11(13)15-8(10)2/h7,9,12,14H,3-6H2,1-2H3. The van der Waals surface area contributed by atoms with Gasteiger partial charge in [-0.2, -0.15) is 0 Å². The predicted molar refractivity (Wildman–Crippen MR) is 70.5 cm³/mol. The number of thiophene rings is 1. The van der Waals surface area contributed by atoms with Crippen molar-refractivity contribution in [1.29, 1.82) is 0 Å². The summed E-state index contributed by atoms with van der Waals surface area (Å²) in [6.45, 7) is 5.59. The zero-order chi connectivity index (χ0) is 10.8. The molecule has 0 bridgehead atoms. The fourth-order valence-electron chi connectivity index (χ4n) is 2.03. The molecule has 84 valence electrons. The third-order valence-corrected chi connectivity index (χ3v) is 4.54. The Morgan fingerprint density at radius 3 is 2.80 bits per heavy atom. The van der Waals surface area contributed by atoms with Crippen molar-refractivity contribution in [3.05, 3.63) is 20.3 Å². The molecule has 0 spiro atoms. The van der Waals surface area contributed by atoms with Gasteiger partial charge in [-0.1, -0.05) is 6.92 Å². The summed E-state index contributed by atoms with van der Waals surface area (Å²) in [6, 6.07) is 2.90. The molecular formula is C12H18BrNS. The highest BCUT2D eigenvalue weighted by Crippen LogP contribution is 2.44. The Morgan fingerprint density at radius 2 is 2.33 bits per heavy atom. The van der Waals surface area contributed by atoms with Crippen LogP contribution in [-0.4, -0.2) is 6.54 Å². The van der Waals surface area contributed by atoms with E-state index in [0.29, 0.717) is 6.04 Å². The van der Waals surface area contributed by atoms with Crippen molar-refractivity contribution in [3.63, 3.8) is 0 Å². The molecule has 0 radical (unpaired) electrons. The molecule has 15 heavy (non-hydrogen) atoms. The lowest BCUT2D eigenvalue weighted by atomic mass is 10.0. The van der Waals surface area contributed by atoms with Crippen LogP contribution in [0, 0.1) is 12.8 Å². The quantitative estimate of drug-likeness (QED) is 0.853. The van der Waals surface area contributed by atoms with E-state index in [4.69, 9.17) is 0 Å². The molecule has 0 aliphatic heterocycles. The first-order valence-corrected chi connectivity index (χ1v) is 7.32. The van der Waals surface area contributed by atoms with Gasteiger partial charge in [-0.05, 0) is 66.2 Å². The fraction of sp³-hybridized carbons (Fsp3) is 0.667. The van der Waals surface area contributed by atoms with Crippen LogP contribution in [0.2, 0.25) is 0 Å². The highest BCUT2D eigenvalue weighted by molar-refractivity contribution is 9.11. The van der Waals surface area contributed by atoms with Crippen molar-refractivity contribution in [2.75, 3.05) is 6.54 Å². The third kappa shape index (κ3) is 2.83. The van der Waals surface area contributed by atoms with Gasteiger partial charge in [0.25, 0.3) is 0 Å². The first-order chi connectivity index (χ1) is 7.22. The molecule has 0 amide bonds. The van der Waals surface area contributed by atoms with Crippen molar-refractivity contribution >= 4 is 27.3 Å². The molecule has 3 heteroatoms. The van der Waals surface area contributed by atoms with E-state index < -0.39 is 0 Å². The summed E-state index contributed by atoms with van der Waals surface area (Å²) in [5, 5.41) is 3.69. The summed E-state index contributed by atoms with van der Waals surface area (Å²) in [5.74, 6) is 0.886. The van der Waals surface area contributed by atoms with Gasteiger partial charge in [0.2, 0.25) is 0 Å². The van der Waals surface area contributed by atoms with Gasteiger partial charge in [0, 0.05) is 10.9 Å². The maximum absolute atomic E-state index is 3.69. The Hall–Kier alpha value is 0.140. The van der Waals surface area contributed by atoms with Crippen LogP contribution in [0.5, 0.6) is 0 Å². The van der Waals surface area contributed by atoms with E-state index in [0.717, 1.165) is 12.5 Å². The number of rotatable bonds is 5. The maximum Gasteiger partial charge on any atom is 0.0704 e. The predicted octanol–water partition coefficient (Wildman–Crippen LogP) is 4.27. The van der Waals surface area contributed by atoms with E-state index in [-0.39, 0.29) is 0 Å². The highest BCUT2D eigenvalue weighted by Gasteiger charge is 2.33. The molecule has 1 aromatic rings. The molecule has 1 aromatic heterocycles. The van der Waals surface area contributed by atoms with Gasteiger partial charge >= 0.3 is 0 Å². The molecule has 0 aromatic carbocycles. The van der Waals surface area contributed by atoms with Crippen LogP contribution < -0.4 is 5.32 Å². The summed E-state index contributed by atoms with van der Waals surface area (Å²) in [7, 11) is 0. The highest BCUT2D eigenvalue weighted by atomic mass is 79.9. The number of nitrogens with one attached hydrogen (secondary N) is 1. The second-order valence-electron chi connectivity index (χ2n) is 4.33. The molecule has 0 saturated heterocycles. The van der Waals surface area contributed by atoms with Gasteiger partial charge in [-0.25, -0.2) is 0 Å². The van der Waals surface area contributed by atoms with Crippen molar-refractivity contribution in [2.24, 2.45) is 5.92 Å². The Bertz CT molecular complexity index is 330. The summed E-state index contributed by atoms with van der Waals surface area (Å²) >= 11 is 5.43. The van der Waals surface area contributed by atoms with E-state index in [9.17, 15) is 0 Å². The number of hydrogen-bond acceptors (Lipinski definition) is 2. The molecule has 1 atom stereocenters. The van der Waals surface area contributed by atoms with Crippen LogP contribution in [0.15, 0.2) is 9.85 Å². The Balaban J connectivity index is 2.12. The van der Waals surface area contributed by atoms with Gasteiger partial charge < -0.3 is 5.32 Å². The number of halogens is 1. The molecular weight excluding hydrogens is 270 g/mol. The Morgan fingerprint density at radius 1 is 1.60 bits per heavy atom. The second kappa shape index (κ2) is 4.98. The van der Waals surface area contributed by atoms with Crippen molar-refractivity contribution in [1.82, 2.24) is 5.32 Å².